The molecule has 0 saturated heterocycles. The summed E-state index contributed by atoms with van der Waals surface area (Å²) in [6.45, 7) is 3.57. The molecule has 0 radical (unpaired) electrons. The van der Waals surface area contributed by atoms with Crippen molar-refractivity contribution >= 4 is 23.1 Å². The van der Waals surface area contributed by atoms with Crippen LogP contribution in [0.25, 0.3) is 0 Å². The monoisotopic (exact) mass is 306 g/mol. The first kappa shape index (κ1) is 14.3. The Kier molecular flexibility index (Phi) is 4.34. The number of hydrogen-bond donors (Lipinski definition) is 1. The van der Waals surface area contributed by atoms with E-state index < -0.39 is 0 Å². The SMILES string of the molecule is CCCNc1ncc(F)c(N(Cc2ccsc2)C2CC2)n1. The summed E-state index contributed by atoms with van der Waals surface area (Å²) in [6.07, 6.45) is 4.46. The van der Waals surface area contributed by atoms with Crippen molar-refractivity contribution in [3.63, 3.8) is 0 Å². The van der Waals surface area contributed by atoms with Gasteiger partial charge in [-0.25, -0.2) is 9.37 Å². The Bertz CT molecular complexity index is 583. The van der Waals surface area contributed by atoms with E-state index in [2.05, 4.69) is 38.6 Å². The third kappa shape index (κ3) is 3.50. The molecule has 1 aliphatic rings. The van der Waals surface area contributed by atoms with Gasteiger partial charge in [0.1, 0.15) is 0 Å². The maximum atomic E-state index is 14.2. The summed E-state index contributed by atoms with van der Waals surface area (Å²) in [5.74, 6) is 0.570. The van der Waals surface area contributed by atoms with E-state index in [9.17, 15) is 4.39 Å². The van der Waals surface area contributed by atoms with Crippen LogP contribution in [0.5, 0.6) is 0 Å². The lowest BCUT2D eigenvalue weighted by atomic mass is 10.3. The van der Waals surface area contributed by atoms with Gasteiger partial charge in [0.15, 0.2) is 11.6 Å². The van der Waals surface area contributed by atoms with Gasteiger partial charge in [-0.05, 0) is 41.7 Å². The van der Waals surface area contributed by atoms with Crippen LogP contribution in [-0.2, 0) is 6.54 Å². The zero-order valence-electron chi connectivity index (χ0n) is 12.1. The van der Waals surface area contributed by atoms with E-state index in [-0.39, 0.29) is 5.82 Å². The largest absolute Gasteiger partial charge is 0.354 e. The van der Waals surface area contributed by atoms with Gasteiger partial charge in [-0.3, -0.25) is 0 Å². The fraction of sp³-hybridized carbons (Fsp3) is 0.467. The van der Waals surface area contributed by atoms with Gasteiger partial charge in [-0.2, -0.15) is 16.3 Å². The fourth-order valence-corrected chi connectivity index (χ4v) is 2.88. The molecule has 1 N–H and O–H groups in total. The van der Waals surface area contributed by atoms with Gasteiger partial charge in [-0.15, -0.1) is 0 Å². The van der Waals surface area contributed by atoms with Crippen molar-refractivity contribution < 1.29 is 4.39 Å². The van der Waals surface area contributed by atoms with Crippen LogP contribution in [0.2, 0.25) is 0 Å². The number of anilines is 2. The van der Waals surface area contributed by atoms with Crippen molar-refractivity contribution in [3.05, 3.63) is 34.4 Å². The van der Waals surface area contributed by atoms with E-state index in [0.717, 1.165) is 25.8 Å². The normalized spacial score (nSPS) is 14.2. The second-order valence-electron chi connectivity index (χ2n) is 5.28. The van der Waals surface area contributed by atoms with Crippen molar-refractivity contribution in [2.75, 3.05) is 16.8 Å². The van der Waals surface area contributed by atoms with Crippen LogP contribution in [0.4, 0.5) is 16.2 Å². The quantitative estimate of drug-likeness (QED) is 0.847. The first-order chi connectivity index (χ1) is 10.3. The van der Waals surface area contributed by atoms with E-state index in [1.807, 2.05) is 5.38 Å². The van der Waals surface area contributed by atoms with Crippen LogP contribution in [0.3, 0.4) is 0 Å². The lowest BCUT2D eigenvalue weighted by Gasteiger charge is -2.23. The standard InChI is InChI=1S/C15H19FN4S/c1-2-6-17-15-18-8-13(16)14(19-15)20(12-3-4-12)9-11-5-7-21-10-11/h5,7-8,10,12H,2-4,6,9H2,1H3,(H,17,18,19). The van der Waals surface area contributed by atoms with Crippen molar-refractivity contribution in [1.82, 2.24) is 9.97 Å². The number of halogens is 1. The Morgan fingerprint density at radius 3 is 3.00 bits per heavy atom. The zero-order chi connectivity index (χ0) is 14.7. The van der Waals surface area contributed by atoms with Gasteiger partial charge in [0.25, 0.3) is 0 Å². The summed E-state index contributed by atoms with van der Waals surface area (Å²) in [7, 11) is 0. The highest BCUT2D eigenvalue weighted by Gasteiger charge is 2.32. The minimum Gasteiger partial charge on any atom is -0.354 e. The minimum absolute atomic E-state index is 0.348. The molecule has 1 saturated carbocycles. The van der Waals surface area contributed by atoms with Gasteiger partial charge in [-0.1, -0.05) is 6.92 Å². The number of nitrogens with one attached hydrogen (secondary N) is 1. The van der Waals surface area contributed by atoms with E-state index in [4.69, 9.17) is 0 Å². The summed E-state index contributed by atoms with van der Waals surface area (Å²) in [5.41, 5.74) is 1.20. The highest BCUT2D eigenvalue weighted by atomic mass is 32.1. The van der Waals surface area contributed by atoms with Crippen LogP contribution in [0.15, 0.2) is 23.0 Å². The van der Waals surface area contributed by atoms with Crippen molar-refractivity contribution in [1.29, 1.82) is 0 Å². The molecule has 112 valence electrons. The summed E-state index contributed by atoms with van der Waals surface area (Å²) in [5, 5.41) is 7.27. The molecule has 2 aromatic rings. The van der Waals surface area contributed by atoms with Crippen LogP contribution < -0.4 is 10.2 Å². The Balaban J connectivity index is 1.84. The molecule has 0 aromatic carbocycles. The second kappa shape index (κ2) is 6.39. The average Bonchev–Trinajstić information content (AvgIpc) is 3.21. The van der Waals surface area contributed by atoms with Crippen LogP contribution in [0, 0.1) is 5.82 Å². The number of nitrogens with zero attached hydrogens (tertiary/aromatic N) is 3. The number of aromatic nitrogens is 2. The minimum atomic E-state index is -0.348. The maximum Gasteiger partial charge on any atom is 0.224 e. The van der Waals surface area contributed by atoms with Gasteiger partial charge in [0, 0.05) is 19.1 Å². The molecule has 3 rings (SSSR count). The lowest BCUT2D eigenvalue weighted by molar-refractivity contribution is 0.599. The molecule has 0 spiro atoms. The van der Waals surface area contributed by atoms with Crippen LogP contribution in [-0.4, -0.2) is 22.6 Å². The zero-order valence-corrected chi connectivity index (χ0v) is 12.9. The summed E-state index contributed by atoms with van der Waals surface area (Å²) in [6, 6.07) is 2.48. The van der Waals surface area contributed by atoms with Gasteiger partial charge < -0.3 is 10.2 Å². The molecular weight excluding hydrogens is 287 g/mol. The van der Waals surface area contributed by atoms with Crippen LogP contribution >= 0.6 is 11.3 Å². The molecule has 0 amide bonds. The smallest absolute Gasteiger partial charge is 0.224 e. The van der Waals surface area contributed by atoms with Gasteiger partial charge in [0.05, 0.1) is 6.20 Å². The number of rotatable bonds is 7. The van der Waals surface area contributed by atoms with E-state index in [1.54, 1.807) is 11.3 Å². The molecule has 2 heterocycles. The van der Waals surface area contributed by atoms with E-state index in [1.165, 1.54) is 11.8 Å². The molecule has 0 unspecified atom stereocenters. The van der Waals surface area contributed by atoms with Crippen molar-refractivity contribution in [3.8, 4) is 0 Å². The number of hydrogen-bond acceptors (Lipinski definition) is 5. The highest BCUT2D eigenvalue weighted by Crippen LogP contribution is 2.33. The topological polar surface area (TPSA) is 41.1 Å². The first-order valence-electron chi connectivity index (χ1n) is 7.32. The molecule has 0 bridgehead atoms. The Labute approximate surface area is 128 Å². The summed E-state index contributed by atoms with van der Waals surface area (Å²) < 4.78 is 14.2. The fourth-order valence-electron chi connectivity index (χ4n) is 2.22. The Morgan fingerprint density at radius 2 is 2.33 bits per heavy atom. The molecule has 0 aliphatic heterocycles. The third-order valence-electron chi connectivity index (χ3n) is 3.45. The molecule has 1 fully saturated rings. The van der Waals surface area contributed by atoms with Gasteiger partial charge in [0.2, 0.25) is 5.95 Å². The molecule has 4 nitrogen and oxygen atoms in total. The summed E-state index contributed by atoms with van der Waals surface area (Å²) >= 11 is 1.66. The van der Waals surface area contributed by atoms with Crippen molar-refractivity contribution in [2.24, 2.45) is 0 Å². The first-order valence-corrected chi connectivity index (χ1v) is 8.26. The molecular formula is C15H19FN4S. The lowest BCUT2D eigenvalue weighted by Crippen LogP contribution is -2.27. The molecule has 2 aromatic heterocycles. The maximum absolute atomic E-state index is 14.2. The number of thiophene rings is 1. The summed E-state index contributed by atoms with van der Waals surface area (Å²) in [4.78, 5) is 10.5. The average molecular weight is 306 g/mol. The van der Waals surface area contributed by atoms with Crippen molar-refractivity contribution in [2.45, 2.75) is 38.8 Å². The highest BCUT2D eigenvalue weighted by molar-refractivity contribution is 7.07. The van der Waals surface area contributed by atoms with E-state index in [0.29, 0.717) is 24.4 Å². The molecule has 0 atom stereocenters. The Morgan fingerprint density at radius 1 is 1.48 bits per heavy atom. The third-order valence-corrected chi connectivity index (χ3v) is 4.18. The van der Waals surface area contributed by atoms with Gasteiger partial charge >= 0.3 is 0 Å². The predicted octanol–water partition coefficient (Wildman–Crippen LogP) is 3.67. The second-order valence-corrected chi connectivity index (χ2v) is 6.06. The molecule has 1 aliphatic carbocycles. The Hall–Kier alpha value is -1.69. The predicted molar refractivity (Wildman–Crippen MR) is 84.3 cm³/mol. The van der Waals surface area contributed by atoms with E-state index >= 15 is 0 Å². The molecule has 21 heavy (non-hydrogen) atoms. The van der Waals surface area contributed by atoms with Crippen LogP contribution in [0.1, 0.15) is 31.7 Å². The molecule has 6 heteroatoms.